The van der Waals surface area contributed by atoms with Crippen molar-refractivity contribution in [2.24, 2.45) is 0 Å². The molecule has 0 bridgehead atoms. The van der Waals surface area contributed by atoms with Crippen LogP contribution in [0.1, 0.15) is 22.0 Å². The van der Waals surface area contributed by atoms with Crippen molar-refractivity contribution in [3.63, 3.8) is 0 Å². The Hall–Kier alpha value is -2.85. The molecule has 26 heavy (non-hydrogen) atoms. The Morgan fingerprint density at radius 2 is 1.58 bits per heavy atom. The van der Waals surface area contributed by atoms with E-state index >= 15 is 0 Å². The van der Waals surface area contributed by atoms with E-state index in [1.54, 1.807) is 12.1 Å². The van der Waals surface area contributed by atoms with Crippen LogP contribution in [0.2, 0.25) is 0 Å². The Kier molecular flexibility index (Phi) is 5.24. The van der Waals surface area contributed by atoms with Crippen LogP contribution in [0.5, 0.6) is 0 Å². The second-order valence-electron chi connectivity index (χ2n) is 6.04. The topological polar surface area (TPSA) is 47.3 Å². The van der Waals surface area contributed by atoms with Crippen molar-refractivity contribution in [3.8, 4) is 6.07 Å². The molecule has 1 amide bonds. The van der Waals surface area contributed by atoms with E-state index in [-0.39, 0.29) is 24.5 Å². The summed E-state index contributed by atoms with van der Waals surface area (Å²) in [6, 6.07) is 10.1. The van der Waals surface area contributed by atoms with Gasteiger partial charge in [-0.15, -0.1) is 0 Å². The van der Waals surface area contributed by atoms with Gasteiger partial charge in [-0.25, -0.2) is 13.2 Å². The molecule has 1 saturated heterocycles. The Bertz CT molecular complexity index is 840. The summed E-state index contributed by atoms with van der Waals surface area (Å²) in [5.41, 5.74) is 0.374. The molecular weight excluding hydrogens is 343 g/mol. The van der Waals surface area contributed by atoms with Crippen molar-refractivity contribution < 1.29 is 18.0 Å². The maximum Gasteiger partial charge on any atom is 0.257 e. The molecule has 0 saturated carbocycles. The lowest BCUT2D eigenvalue weighted by atomic mass is 10.1. The highest BCUT2D eigenvalue weighted by molar-refractivity contribution is 5.94. The van der Waals surface area contributed by atoms with Crippen LogP contribution in [0.4, 0.5) is 13.2 Å². The minimum absolute atomic E-state index is 0.286. The van der Waals surface area contributed by atoms with Gasteiger partial charge in [-0.3, -0.25) is 9.69 Å². The molecule has 2 aromatic rings. The molecular formula is C19H16F3N3O. The fourth-order valence-corrected chi connectivity index (χ4v) is 3.03. The Morgan fingerprint density at radius 1 is 0.962 bits per heavy atom. The Balaban J connectivity index is 1.68. The van der Waals surface area contributed by atoms with Crippen LogP contribution >= 0.6 is 0 Å². The highest BCUT2D eigenvalue weighted by atomic mass is 19.1. The van der Waals surface area contributed by atoms with E-state index in [4.69, 9.17) is 0 Å². The number of nitriles is 1. The summed E-state index contributed by atoms with van der Waals surface area (Å²) in [5, 5.41) is 9.46. The third-order valence-corrected chi connectivity index (χ3v) is 4.43. The van der Waals surface area contributed by atoms with Gasteiger partial charge in [0.1, 0.15) is 23.5 Å². The summed E-state index contributed by atoms with van der Waals surface area (Å²) in [7, 11) is 0. The molecule has 0 aromatic heterocycles. The molecule has 0 N–H and O–H groups in total. The van der Waals surface area contributed by atoms with Crippen molar-refractivity contribution in [1.82, 2.24) is 9.80 Å². The number of amides is 1. The van der Waals surface area contributed by atoms with Gasteiger partial charge in [0.05, 0.1) is 11.6 Å². The first kappa shape index (κ1) is 18.0. The predicted octanol–water partition coefficient (Wildman–Crippen LogP) is 3.13. The van der Waals surface area contributed by atoms with Gasteiger partial charge in [-0.05, 0) is 35.9 Å². The van der Waals surface area contributed by atoms with Crippen LogP contribution in [0.15, 0.2) is 42.5 Å². The number of hydrogen-bond donors (Lipinski definition) is 0. The second-order valence-corrected chi connectivity index (χ2v) is 6.04. The maximum absolute atomic E-state index is 13.8. The van der Waals surface area contributed by atoms with E-state index in [9.17, 15) is 23.2 Å². The van der Waals surface area contributed by atoms with Gasteiger partial charge >= 0.3 is 0 Å². The third kappa shape index (κ3) is 3.70. The first-order valence-corrected chi connectivity index (χ1v) is 8.13. The molecule has 4 nitrogen and oxygen atoms in total. The van der Waals surface area contributed by atoms with E-state index in [2.05, 4.69) is 6.07 Å². The monoisotopic (exact) mass is 359 g/mol. The Labute approximate surface area is 149 Å². The summed E-state index contributed by atoms with van der Waals surface area (Å²) >= 11 is 0. The number of rotatable bonds is 3. The van der Waals surface area contributed by atoms with Gasteiger partial charge in [-0.2, -0.15) is 5.26 Å². The van der Waals surface area contributed by atoms with Crippen molar-refractivity contribution in [1.29, 1.82) is 5.26 Å². The van der Waals surface area contributed by atoms with Crippen molar-refractivity contribution in [3.05, 3.63) is 71.0 Å². The SMILES string of the molecule is N#C[C@H](c1ccc(F)cc1)N1CCN(C(=O)c2cc(F)ccc2F)CC1. The molecule has 2 aromatic carbocycles. The van der Waals surface area contributed by atoms with E-state index in [0.717, 1.165) is 18.2 Å². The van der Waals surface area contributed by atoms with Gasteiger partial charge in [0.2, 0.25) is 0 Å². The molecule has 0 aliphatic carbocycles. The van der Waals surface area contributed by atoms with Gasteiger partial charge in [-0.1, -0.05) is 12.1 Å². The average Bonchev–Trinajstić information content (AvgIpc) is 2.66. The lowest BCUT2D eigenvalue weighted by Gasteiger charge is -2.37. The molecule has 1 fully saturated rings. The fraction of sp³-hybridized carbons (Fsp3) is 0.263. The van der Waals surface area contributed by atoms with Crippen molar-refractivity contribution in [2.45, 2.75) is 6.04 Å². The lowest BCUT2D eigenvalue weighted by molar-refractivity contribution is 0.0601. The molecule has 7 heteroatoms. The van der Waals surface area contributed by atoms with E-state index in [1.807, 2.05) is 4.90 Å². The van der Waals surface area contributed by atoms with Crippen LogP contribution in [-0.4, -0.2) is 41.9 Å². The van der Waals surface area contributed by atoms with Crippen molar-refractivity contribution in [2.75, 3.05) is 26.2 Å². The molecule has 1 aliphatic rings. The van der Waals surface area contributed by atoms with E-state index in [1.165, 1.54) is 17.0 Å². The van der Waals surface area contributed by atoms with Crippen LogP contribution in [-0.2, 0) is 0 Å². The third-order valence-electron chi connectivity index (χ3n) is 4.43. The number of carbonyl (C=O) groups excluding carboxylic acids is 1. The summed E-state index contributed by atoms with van der Waals surface area (Å²) in [6.07, 6.45) is 0. The van der Waals surface area contributed by atoms with Gasteiger partial charge < -0.3 is 4.90 Å². The smallest absolute Gasteiger partial charge is 0.257 e. The zero-order chi connectivity index (χ0) is 18.7. The highest BCUT2D eigenvalue weighted by Crippen LogP contribution is 2.23. The molecule has 1 atom stereocenters. The van der Waals surface area contributed by atoms with E-state index < -0.39 is 23.6 Å². The molecule has 0 radical (unpaired) electrons. The maximum atomic E-state index is 13.8. The minimum Gasteiger partial charge on any atom is -0.336 e. The summed E-state index contributed by atoms with van der Waals surface area (Å²) in [4.78, 5) is 15.7. The van der Waals surface area contributed by atoms with Crippen LogP contribution in [0, 0.1) is 28.8 Å². The zero-order valence-corrected chi connectivity index (χ0v) is 13.8. The van der Waals surface area contributed by atoms with E-state index in [0.29, 0.717) is 18.7 Å². The van der Waals surface area contributed by atoms with Crippen LogP contribution in [0.3, 0.4) is 0 Å². The van der Waals surface area contributed by atoms with Gasteiger partial charge in [0, 0.05) is 26.2 Å². The quantitative estimate of drug-likeness (QED) is 0.846. The second kappa shape index (κ2) is 7.58. The number of carbonyl (C=O) groups is 1. The number of piperazine rings is 1. The summed E-state index contributed by atoms with van der Waals surface area (Å²) < 4.78 is 40.1. The largest absolute Gasteiger partial charge is 0.336 e. The average molecular weight is 359 g/mol. The number of nitrogens with zero attached hydrogens (tertiary/aromatic N) is 3. The summed E-state index contributed by atoms with van der Waals surface area (Å²) in [6.45, 7) is 1.37. The molecule has 1 aliphatic heterocycles. The van der Waals surface area contributed by atoms with Crippen LogP contribution < -0.4 is 0 Å². The molecule has 134 valence electrons. The lowest BCUT2D eigenvalue weighted by Crippen LogP contribution is -2.49. The zero-order valence-electron chi connectivity index (χ0n) is 13.8. The minimum atomic E-state index is -0.764. The highest BCUT2D eigenvalue weighted by Gasteiger charge is 2.28. The fourth-order valence-electron chi connectivity index (χ4n) is 3.03. The summed E-state index contributed by atoms with van der Waals surface area (Å²) in [5.74, 6) is -2.39. The van der Waals surface area contributed by atoms with Crippen molar-refractivity contribution >= 4 is 5.91 Å². The number of benzene rings is 2. The van der Waals surface area contributed by atoms with Gasteiger partial charge in [0.25, 0.3) is 5.91 Å². The standard InChI is InChI=1S/C19H16F3N3O/c20-14-3-1-13(2-4-14)18(12-23)24-7-9-25(10-8-24)19(26)16-11-15(21)5-6-17(16)22/h1-6,11,18H,7-10H2/t18-/m1/s1. The molecule has 3 rings (SSSR count). The molecule has 1 heterocycles. The van der Waals surface area contributed by atoms with Crippen LogP contribution in [0.25, 0.3) is 0 Å². The first-order valence-electron chi connectivity index (χ1n) is 8.13. The first-order chi connectivity index (χ1) is 12.5. The molecule has 0 spiro atoms. The van der Waals surface area contributed by atoms with Gasteiger partial charge in [0.15, 0.2) is 0 Å². The molecule has 0 unspecified atom stereocenters. The normalized spacial score (nSPS) is 16.2. The Morgan fingerprint density at radius 3 is 2.19 bits per heavy atom. The number of halogens is 3. The number of hydrogen-bond acceptors (Lipinski definition) is 3. The predicted molar refractivity (Wildman–Crippen MR) is 88.6 cm³/mol.